The number of hydrogen-bond donors (Lipinski definition) is 2. The Bertz CT molecular complexity index is 1120. The number of imidazole rings is 1. The number of rotatable bonds is 5. The molecule has 0 aromatic carbocycles. The van der Waals surface area contributed by atoms with E-state index in [1.165, 1.54) is 22.9 Å². The van der Waals surface area contributed by atoms with Crippen LogP contribution in [0.25, 0.3) is 5.52 Å². The minimum atomic E-state index is -4.49. The van der Waals surface area contributed by atoms with Crippen LogP contribution in [0.5, 0.6) is 0 Å². The first kappa shape index (κ1) is 22.3. The molecule has 0 radical (unpaired) electrons. The van der Waals surface area contributed by atoms with Gasteiger partial charge in [-0.15, -0.1) is 0 Å². The van der Waals surface area contributed by atoms with E-state index in [-0.39, 0.29) is 11.4 Å². The maximum atomic E-state index is 13.4. The van der Waals surface area contributed by atoms with Gasteiger partial charge in [0.15, 0.2) is 0 Å². The molecule has 0 unspecified atom stereocenters. The van der Waals surface area contributed by atoms with Crippen LogP contribution in [0.1, 0.15) is 30.8 Å². The first-order chi connectivity index (χ1) is 15.1. The van der Waals surface area contributed by atoms with Gasteiger partial charge in [0, 0.05) is 51.2 Å². The number of nitrogens with one attached hydrogen (secondary N) is 2. The zero-order valence-electron chi connectivity index (χ0n) is 18.1. The Hall–Kier alpha value is -2.92. The quantitative estimate of drug-likeness (QED) is 0.622. The summed E-state index contributed by atoms with van der Waals surface area (Å²) in [5.74, 6) is 0.115. The van der Waals surface area contributed by atoms with Crippen LogP contribution in [0.2, 0.25) is 0 Å². The summed E-state index contributed by atoms with van der Waals surface area (Å²) in [5, 5.41) is 10.4. The van der Waals surface area contributed by atoms with Crippen molar-refractivity contribution in [3.63, 3.8) is 0 Å². The van der Waals surface area contributed by atoms with Gasteiger partial charge in [0.25, 0.3) is 0 Å². The van der Waals surface area contributed by atoms with Crippen molar-refractivity contribution in [2.45, 2.75) is 38.1 Å². The molecule has 4 heterocycles. The lowest BCUT2D eigenvalue weighted by atomic mass is 10.0. The molecule has 3 aromatic rings. The molecule has 1 amide bonds. The average molecular weight is 449 g/mol. The number of aromatic nitrogens is 4. The number of pyridine rings is 1. The lowest BCUT2D eigenvalue weighted by Crippen LogP contribution is -2.59. The number of amides is 1. The summed E-state index contributed by atoms with van der Waals surface area (Å²) in [6.45, 7) is 5.98. The van der Waals surface area contributed by atoms with E-state index in [2.05, 4.69) is 25.6 Å². The second-order valence-electron chi connectivity index (χ2n) is 8.58. The fourth-order valence-electron chi connectivity index (χ4n) is 4.15. The summed E-state index contributed by atoms with van der Waals surface area (Å²) in [4.78, 5) is 19.6. The summed E-state index contributed by atoms with van der Waals surface area (Å²) in [5.41, 5.74) is -0.800. The average Bonchev–Trinajstić information content (AvgIpc) is 3.33. The molecule has 4 rings (SSSR count). The minimum Gasteiger partial charge on any atom is -0.343 e. The number of carbonyl (C=O) groups excluding carboxylic acids is 1. The molecule has 0 bridgehead atoms. The van der Waals surface area contributed by atoms with Gasteiger partial charge in [-0.2, -0.15) is 18.3 Å². The Morgan fingerprint density at radius 3 is 2.78 bits per heavy atom. The number of halogens is 3. The Morgan fingerprint density at radius 1 is 1.31 bits per heavy atom. The van der Waals surface area contributed by atoms with E-state index in [0.717, 1.165) is 18.2 Å². The molecule has 1 aliphatic heterocycles. The second-order valence-corrected chi connectivity index (χ2v) is 8.58. The zero-order valence-corrected chi connectivity index (χ0v) is 18.1. The van der Waals surface area contributed by atoms with E-state index < -0.39 is 23.3 Å². The van der Waals surface area contributed by atoms with Gasteiger partial charge in [-0.05, 0) is 26.0 Å². The van der Waals surface area contributed by atoms with Crippen molar-refractivity contribution >= 4 is 11.4 Å². The third kappa shape index (κ3) is 4.35. The third-order valence-corrected chi connectivity index (χ3v) is 5.67. The van der Waals surface area contributed by atoms with Crippen LogP contribution in [-0.2, 0) is 30.1 Å². The van der Waals surface area contributed by atoms with Crippen LogP contribution in [-0.4, -0.2) is 55.6 Å². The molecule has 0 saturated carbocycles. The summed E-state index contributed by atoms with van der Waals surface area (Å²) in [7, 11) is 1.84. The number of fused-ring (bicyclic) bond motifs is 1. The highest BCUT2D eigenvalue weighted by Gasteiger charge is 2.37. The van der Waals surface area contributed by atoms with Crippen LogP contribution in [0.15, 0.2) is 36.9 Å². The van der Waals surface area contributed by atoms with Gasteiger partial charge < -0.3 is 15.0 Å². The molecule has 8 nitrogen and oxygen atoms in total. The summed E-state index contributed by atoms with van der Waals surface area (Å²) in [6.07, 6.45) is 1.92. The molecule has 1 atom stereocenters. The maximum Gasteiger partial charge on any atom is 0.418 e. The normalized spacial score (nSPS) is 18.2. The van der Waals surface area contributed by atoms with Crippen molar-refractivity contribution in [1.82, 2.24) is 34.7 Å². The zero-order chi connectivity index (χ0) is 23.1. The van der Waals surface area contributed by atoms with Crippen molar-refractivity contribution in [2.75, 3.05) is 19.6 Å². The molecule has 1 fully saturated rings. The van der Waals surface area contributed by atoms with Gasteiger partial charge in [0.2, 0.25) is 5.91 Å². The number of carbonyl (C=O) groups is 1. The fraction of sp³-hybridized carbons (Fsp3) is 0.476. The predicted octanol–water partition coefficient (Wildman–Crippen LogP) is 1.91. The van der Waals surface area contributed by atoms with Crippen molar-refractivity contribution < 1.29 is 18.0 Å². The molecule has 3 aromatic heterocycles. The topological polar surface area (TPSA) is 79.5 Å². The molecule has 1 saturated heterocycles. The SMILES string of the molecule is Cn1cc(CN2CCNC[C@H]2C(=O)NC(C)(C)c2ncc3c(C(F)(F)F)cccn23)cn1. The van der Waals surface area contributed by atoms with Crippen LogP contribution >= 0.6 is 0 Å². The Balaban J connectivity index is 1.56. The first-order valence-electron chi connectivity index (χ1n) is 10.3. The molecule has 11 heteroatoms. The monoisotopic (exact) mass is 449 g/mol. The van der Waals surface area contributed by atoms with Crippen molar-refractivity contribution in [3.05, 3.63) is 53.9 Å². The molecule has 1 aliphatic rings. The third-order valence-electron chi connectivity index (χ3n) is 5.67. The predicted molar refractivity (Wildman–Crippen MR) is 112 cm³/mol. The number of alkyl halides is 3. The van der Waals surface area contributed by atoms with E-state index in [0.29, 0.717) is 25.5 Å². The Morgan fingerprint density at radius 2 is 2.09 bits per heavy atom. The van der Waals surface area contributed by atoms with E-state index >= 15 is 0 Å². The molecule has 0 aliphatic carbocycles. The molecular weight excluding hydrogens is 423 g/mol. The molecular formula is C21H26F3N7O. The Kier molecular flexibility index (Phi) is 5.72. The number of nitrogens with zero attached hydrogens (tertiary/aromatic N) is 5. The van der Waals surface area contributed by atoms with Gasteiger partial charge in [-0.25, -0.2) is 4.98 Å². The van der Waals surface area contributed by atoms with Crippen LogP contribution < -0.4 is 10.6 Å². The highest BCUT2D eigenvalue weighted by atomic mass is 19.4. The molecule has 32 heavy (non-hydrogen) atoms. The molecule has 2 N–H and O–H groups in total. The highest BCUT2D eigenvalue weighted by Crippen LogP contribution is 2.33. The minimum absolute atomic E-state index is 0.0464. The lowest BCUT2D eigenvalue weighted by molar-refractivity contribution is -0.136. The largest absolute Gasteiger partial charge is 0.418 e. The van der Waals surface area contributed by atoms with Gasteiger partial charge in [-0.1, -0.05) is 0 Å². The molecule has 0 spiro atoms. The summed E-state index contributed by atoms with van der Waals surface area (Å²) < 4.78 is 43.2. The first-order valence-corrected chi connectivity index (χ1v) is 10.3. The number of hydrogen-bond acceptors (Lipinski definition) is 5. The highest BCUT2D eigenvalue weighted by molar-refractivity contribution is 5.83. The van der Waals surface area contributed by atoms with Crippen molar-refractivity contribution in [2.24, 2.45) is 7.05 Å². The summed E-state index contributed by atoms with van der Waals surface area (Å²) in [6, 6.07) is 1.93. The van der Waals surface area contributed by atoms with Gasteiger partial charge in [0.05, 0.1) is 29.0 Å². The van der Waals surface area contributed by atoms with Crippen LogP contribution in [0.3, 0.4) is 0 Å². The van der Waals surface area contributed by atoms with Gasteiger partial charge in [-0.3, -0.25) is 14.4 Å². The maximum absolute atomic E-state index is 13.4. The standard InChI is InChI=1S/C21H26F3N7O/c1-20(2,19-26-11-16-15(21(22,23)24)5-4-7-31(16)19)28-18(32)17-10-25-6-8-30(17)13-14-9-27-29(3)12-14/h4-5,7,9,11-12,17,25H,6,8,10,13H2,1-3H3,(H,28,32)/t17-/m0/s1. The second kappa shape index (κ2) is 8.21. The molecule has 172 valence electrons. The van der Waals surface area contributed by atoms with Gasteiger partial charge >= 0.3 is 6.18 Å². The smallest absolute Gasteiger partial charge is 0.343 e. The van der Waals surface area contributed by atoms with Crippen molar-refractivity contribution in [1.29, 1.82) is 0 Å². The Labute approximate surface area is 183 Å². The van der Waals surface area contributed by atoms with Gasteiger partial charge in [0.1, 0.15) is 11.9 Å². The van der Waals surface area contributed by atoms with Crippen LogP contribution in [0.4, 0.5) is 13.2 Å². The lowest BCUT2D eigenvalue weighted by Gasteiger charge is -2.37. The van der Waals surface area contributed by atoms with Crippen molar-refractivity contribution in [3.8, 4) is 0 Å². The van der Waals surface area contributed by atoms with E-state index in [1.807, 2.05) is 13.2 Å². The van der Waals surface area contributed by atoms with E-state index in [4.69, 9.17) is 0 Å². The van der Waals surface area contributed by atoms with E-state index in [1.54, 1.807) is 24.7 Å². The fourth-order valence-corrected chi connectivity index (χ4v) is 4.15. The van der Waals surface area contributed by atoms with Crippen LogP contribution in [0, 0.1) is 0 Å². The van der Waals surface area contributed by atoms with E-state index in [9.17, 15) is 18.0 Å². The number of piperazine rings is 1. The number of aryl methyl sites for hydroxylation is 1. The summed E-state index contributed by atoms with van der Waals surface area (Å²) >= 11 is 0.